The molecule has 3 rings (SSSR count). The molecule has 3 N–H and O–H groups in total. The van der Waals surface area contributed by atoms with Crippen molar-refractivity contribution in [3.05, 3.63) is 29.6 Å². The fourth-order valence-electron chi connectivity index (χ4n) is 2.57. The molecule has 0 radical (unpaired) electrons. The molecular formula is C13H12N2O5. The number of carboxylic acid groups (broad SMARTS) is 1. The number of ketones is 1. The summed E-state index contributed by atoms with van der Waals surface area (Å²) in [7, 11) is 0. The van der Waals surface area contributed by atoms with E-state index in [1.165, 1.54) is 0 Å². The second kappa shape index (κ2) is 3.96. The van der Waals surface area contributed by atoms with Gasteiger partial charge in [0.25, 0.3) is 5.91 Å². The number of fused-ring (bicyclic) bond motifs is 2. The molecule has 7 nitrogen and oxygen atoms in total. The zero-order valence-electron chi connectivity index (χ0n) is 10.4. The zero-order valence-corrected chi connectivity index (χ0v) is 10.4. The Morgan fingerprint density at radius 1 is 1.40 bits per heavy atom. The largest absolute Gasteiger partial charge is 0.505 e. The first-order chi connectivity index (χ1) is 9.47. The van der Waals surface area contributed by atoms with Crippen molar-refractivity contribution in [1.82, 2.24) is 9.88 Å². The van der Waals surface area contributed by atoms with E-state index in [-0.39, 0.29) is 5.57 Å². The topological polar surface area (TPSA) is 109 Å². The van der Waals surface area contributed by atoms with Gasteiger partial charge >= 0.3 is 5.97 Å². The molecule has 104 valence electrons. The summed E-state index contributed by atoms with van der Waals surface area (Å²) in [6.45, 7) is -0.600. The lowest BCUT2D eigenvalue weighted by Crippen LogP contribution is -2.41. The van der Waals surface area contributed by atoms with Gasteiger partial charge in [0.15, 0.2) is 11.5 Å². The first-order valence-corrected chi connectivity index (χ1v) is 6.13. The van der Waals surface area contributed by atoms with E-state index in [4.69, 9.17) is 5.11 Å². The number of hydrogen-bond donors (Lipinski definition) is 3. The molecule has 1 aliphatic heterocycles. The molecule has 1 spiro atoms. The highest BCUT2D eigenvalue weighted by Crippen LogP contribution is 2.50. The van der Waals surface area contributed by atoms with Crippen LogP contribution in [0.1, 0.15) is 18.5 Å². The molecule has 0 unspecified atom stereocenters. The number of nitrogens with one attached hydrogen (secondary N) is 1. The Morgan fingerprint density at radius 3 is 2.70 bits per heavy atom. The van der Waals surface area contributed by atoms with Crippen molar-refractivity contribution in [2.45, 2.75) is 18.4 Å². The Balaban J connectivity index is 2.02. The Hall–Kier alpha value is -2.57. The van der Waals surface area contributed by atoms with Crippen molar-refractivity contribution in [2.75, 3.05) is 6.54 Å². The minimum atomic E-state index is -1.22. The summed E-state index contributed by atoms with van der Waals surface area (Å²) in [6.07, 6.45) is 2.91. The number of nitrogens with zero attached hydrogens (tertiary/aromatic N) is 1. The number of hydrogen-bond acceptors (Lipinski definition) is 4. The molecule has 1 aromatic rings. The molecule has 2 heterocycles. The number of aliphatic carboxylic acids is 1. The fourth-order valence-corrected chi connectivity index (χ4v) is 2.57. The van der Waals surface area contributed by atoms with Gasteiger partial charge < -0.3 is 20.1 Å². The van der Waals surface area contributed by atoms with Gasteiger partial charge in [-0.05, 0) is 25.0 Å². The Labute approximate surface area is 113 Å². The van der Waals surface area contributed by atoms with Crippen molar-refractivity contribution in [3.8, 4) is 0 Å². The number of amides is 1. The maximum atomic E-state index is 12.4. The van der Waals surface area contributed by atoms with Crippen LogP contribution in [0.2, 0.25) is 0 Å². The van der Waals surface area contributed by atoms with Gasteiger partial charge in [0.2, 0.25) is 0 Å². The first-order valence-electron chi connectivity index (χ1n) is 6.13. The Bertz CT molecular complexity index is 666. The lowest BCUT2D eigenvalue weighted by atomic mass is 9.95. The van der Waals surface area contributed by atoms with E-state index in [9.17, 15) is 19.5 Å². The monoisotopic (exact) mass is 276 g/mol. The molecule has 0 aromatic carbocycles. The highest BCUT2D eigenvalue weighted by molar-refractivity contribution is 6.27. The van der Waals surface area contributed by atoms with Crippen molar-refractivity contribution < 1.29 is 24.6 Å². The molecule has 2 aliphatic rings. The van der Waals surface area contributed by atoms with Crippen molar-refractivity contribution in [1.29, 1.82) is 0 Å². The van der Waals surface area contributed by atoms with Gasteiger partial charge in [0.1, 0.15) is 17.7 Å². The number of aliphatic hydroxyl groups is 1. The lowest BCUT2D eigenvalue weighted by molar-refractivity contribution is -0.138. The van der Waals surface area contributed by atoms with E-state index in [2.05, 4.69) is 5.32 Å². The summed E-state index contributed by atoms with van der Waals surface area (Å²) < 4.78 is 1.68. The highest BCUT2D eigenvalue weighted by atomic mass is 16.4. The first kappa shape index (κ1) is 12.5. The summed E-state index contributed by atoms with van der Waals surface area (Å²) in [4.78, 5) is 34.8. The van der Waals surface area contributed by atoms with E-state index in [1.54, 1.807) is 22.9 Å². The third-order valence-corrected chi connectivity index (χ3v) is 3.69. The van der Waals surface area contributed by atoms with Gasteiger partial charge in [0, 0.05) is 6.20 Å². The van der Waals surface area contributed by atoms with E-state index in [0.717, 1.165) is 0 Å². The van der Waals surface area contributed by atoms with E-state index < -0.39 is 35.5 Å². The number of Topliss-reactive ketones (excluding diaryl/α,β-unsaturated/α-hetero) is 1. The van der Waals surface area contributed by atoms with Crippen LogP contribution in [-0.4, -0.2) is 39.0 Å². The third-order valence-electron chi connectivity index (χ3n) is 3.69. The molecule has 1 fully saturated rings. The summed E-state index contributed by atoms with van der Waals surface area (Å²) >= 11 is 0. The summed E-state index contributed by atoms with van der Waals surface area (Å²) in [5.41, 5.74) is -0.724. The average molecular weight is 276 g/mol. The average Bonchev–Trinajstić information content (AvgIpc) is 3.04. The number of carbonyl (C=O) groups excluding carboxylic acids is 2. The molecule has 1 aromatic heterocycles. The van der Waals surface area contributed by atoms with Gasteiger partial charge in [0.05, 0.1) is 5.69 Å². The van der Waals surface area contributed by atoms with Crippen LogP contribution in [0.3, 0.4) is 0 Å². The number of aromatic nitrogens is 1. The molecule has 20 heavy (non-hydrogen) atoms. The highest BCUT2D eigenvalue weighted by Gasteiger charge is 2.57. The van der Waals surface area contributed by atoms with Crippen LogP contribution in [0.25, 0.3) is 5.76 Å². The molecule has 0 saturated heterocycles. The molecule has 0 atom stereocenters. The van der Waals surface area contributed by atoms with Crippen LogP contribution in [0.5, 0.6) is 0 Å². The van der Waals surface area contributed by atoms with Gasteiger partial charge in [-0.3, -0.25) is 14.4 Å². The summed E-state index contributed by atoms with van der Waals surface area (Å²) in [5, 5.41) is 20.8. The van der Waals surface area contributed by atoms with E-state index in [0.29, 0.717) is 18.5 Å². The van der Waals surface area contributed by atoms with Crippen LogP contribution < -0.4 is 5.32 Å². The summed E-state index contributed by atoms with van der Waals surface area (Å²) in [6, 6.07) is 3.31. The Kier molecular flexibility index (Phi) is 2.47. The normalized spacial score (nSPS) is 18.9. The maximum Gasteiger partial charge on any atom is 0.322 e. The molecule has 0 bridgehead atoms. The second-order valence-electron chi connectivity index (χ2n) is 4.92. The number of rotatable bonds is 3. The number of carboxylic acids is 1. The smallest absolute Gasteiger partial charge is 0.322 e. The van der Waals surface area contributed by atoms with Gasteiger partial charge in [-0.15, -0.1) is 0 Å². The lowest BCUT2D eigenvalue weighted by Gasteiger charge is -2.26. The van der Waals surface area contributed by atoms with Crippen LogP contribution in [-0.2, 0) is 19.9 Å². The minimum absolute atomic E-state index is 0.352. The molecule has 1 amide bonds. The Morgan fingerprint density at radius 2 is 2.10 bits per heavy atom. The van der Waals surface area contributed by atoms with E-state index >= 15 is 0 Å². The zero-order chi connectivity index (χ0) is 14.5. The van der Waals surface area contributed by atoms with Crippen molar-refractivity contribution in [2.24, 2.45) is 0 Å². The van der Waals surface area contributed by atoms with Gasteiger partial charge in [-0.1, -0.05) is 0 Å². The maximum absolute atomic E-state index is 12.4. The predicted molar refractivity (Wildman–Crippen MR) is 66.8 cm³/mol. The number of aliphatic hydroxyl groups excluding tert-OH is 1. The SMILES string of the molecule is O=C(O)CNC(=O)C1=C(O)c2cccn2C2(CC2)C1=O. The molecule has 1 saturated carbocycles. The molecule has 1 aliphatic carbocycles. The van der Waals surface area contributed by atoms with E-state index in [1.807, 2.05) is 0 Å². The van der Waals surface area contributed by atoms with Gasteiger partial charge in [-0.25, -0.2) is 0 Å². The van der Waals surface area contributed by atoms with Crippen molar-refractivity contribution in [3.63, 3.8) is 0 Å². The molecular weight excluding hydrogens is 264 g/mol. The number of carbonyl (C=O) groups is 3. The third kappa shape index (κ3) is 1.56. The predicted octanol–water partition coefficient (Wildman–Crippen LogP) is 0.0298. The van der Waals surface area contributed by atoms with Crippen LogP contribution >= 0.6 is 0 Å². The quantitative estimate of drug-likeness (QED) is 0.675. The fraction of sp³-hybridized carbons (Fsp3) is 0.308. The second-order valence-corrected chi connectivity index (χ2v) is 4.92. The van der Waals surface area contributed by atoms with Gasteiger partial charge in [-0.2, -0.15) is 0 Å². The van der Waals surface area contributed by atoms with Crippen LogP contribution in [0.15, 0.2) is 23.9 Å². The van der Waals surface area contributed by atoms with Crippen molar-refractivity contribution >= 4 is 23.4 Å². The summed E-state index contributed by atoms with van der Waals surface area (Å²) in [5.74, 6) is -2.93. The van der Waals surface area contributed by atoms with Crippen LogP contribution in [0, 0.1) is 0 Å². The molecule has 7 heteroatoms. The van der Waals surface area contributed by atoms with Crippen LogP contribution in [0.4, 0.5) is 0 Å². The minimum Gasteiger partial charge on any atom is -0.505 e. The standard InChI is InChI=1S/C13H12N2O5/c16-8(17)6-14-12(20)9-10(18)7-2-1-5-15(7)13(3-4-13)11(9)19/h1-2,5,18H,3-4,6H2,(H,14,20)(H,16,17).